The van der Waals surface area contributed by atoms with Gasteiger partial charge in [0.2, 0.25) is 0 Å². The highest BCUT2D eigenvalue weighted by Crippen LogP contribution is 2.36. The van der Waals surface area contributed by atoms with Gasteiger partial charge in [0.15, 0.2) is 5.78 Å². The SMILES string of the molecule is C#CCCC(=O)c1ccc2ccc3cccc4ccc1c2c34. The van der Waals surface area contributed by atoms with Crippen molar-refractivity contribution in [1.82, 2.24) is 0 Å². The van der Waals surface area contributed by atoms with Crippen LogP contribution in [0.2, 0.25) is 0 Å². The molecule has 0 radical (unpaired) electrons. The number of hydrogen-bond acceptors (Lipinski definition) is 1. The van der Waals surface area contributed by atoms with Crippen molar-refractivity contribution < 1.29 is 4.79 Å². The molecule has 1 nitrogen and oxygen atoms in total. The van der Waals surface area contributed by atoms with E-state index in [-0.39, 0.29) is 5.78 Å². The van der Waals surface area contributed by atoms with E-state index in [1.807, 2.05) is 12.1 Å². The molecule has 0 bridgehead atoms. The fraction of sp³-hybridized carbons (Fsp3) is 0.0952. The Bertz CT molecular complexity index is 1030. The van der Waals surface area contributed by atoms with Gasteiger partial charge in [0.1, 0.15) is 0 Å². The van der Waals surface area contributed by atoms with Crippen molar-refractivity contribution in [3.63, 3.8) is 0 Å². The molecule has 0 unspecified atom stereocenters. The molecular weight excluding hydrogens is 268 g/mol. The van der Waals surface area contributed by atoms with E-state index in [1.165, 1.54) is 26.9 Å². The van der Waals surface area contributed by atoms with E-state index >= 15 is 0 Å². The van der Waals surface area contributed by atoms with Gasteiger partial charge in [-0.25, -0.2) is 0 Å². The molecule has 0 N–H and O–H groups in total. The van der Waals surface area contributed by atoms with E-state index < -0.39 is 0 Å². The summed E-state index contributed by atoms with van der Waals surface area (Å²) >= 11 is 0. The van der Waals surface area contributed by atoms with Gasteiger partial charge in [-0.2, -0.15) is 0 Å². The average Bonchev–Trinajstić information content (AvgIpc) is 2.57. The zero-order valence-electron chi connectivity index (χ0n) is 12.1. The normalized spacial score (nSPS) is 11.2. The molecule has 4 aromatic carbocycles. The van der Waals surface area contributed by atoms with Crippen molar-refractivity contribution >= 4 is 38.1 Å². The molecule has 0 amide bonds. The van der Waals surface area contributed by atoms with Crippen LogP contribution in [0.1, 0.15) is 23.2 Å². The Morgan fingerprint density at radius 2 is 1.50 bits per heavy atom. The summed E-state index contributed by atoms with van der Waals surface area (Å²) in [5.74, 6) is 2.67. The summed E-state index contributed by atoms with van der Waals surface area (Å²) in [5.41, 5.74) is 0.779. The second-order valence-electron chi connectivity index (χ2n) is 5.60. The van der Waals surface area contributed by atoms with Crippen LogP contribution in [-0.2, 0) is 0 Å². The molecule has 0 aliphatic carbocycles. The van der Waals surface area contributed by atoms with Crippen molar-refractivity contribution in [2.75, 3.05) is 0 Å². The van der Waals surface area contributed by atoms with Gasteiger partial charge in [-0.3, -0.25) is 4.79 Å². The van der Waals surface area contributed by atoms with Gasteiger partial charge in [-0.05, 0) is 32.3 Å². The minimum atomic E-state index is 0.121. The van der Waals surface area contributed by atoms with Crippen molar-refractivity contribution in [2.24, 2.45) is 0 Å². The highest BCUT2D eigenvalue weighted by molar-refractivity contribution is 6.26. The number of Topliss-reactive ketones (excluding diaryl/α,β-unsaturated/α-hetero) is 1. The fourth-order valence-corrected chi connectivity index (χ4v) is 3.30. The van der Waals surface area contributed by atoms with Crippen LogP contribution < -0.4 is 0 Å². The molecule has 1 heteroatoms. The molecule has 0 saturated heterocycles. The number of carbonyl (C=O) groups is 1. The monoisotopic (exact) mass is 282 g/mol. The van der Waals surface area contributed by atoms with Gasteiger partial charge in [0.25, 0.3) is 0 Å². The van der Waals surface area contributed by atoms with Crippen LogP contribution >= 0.6 is 0 Å². The summed E-state index contributed by atoms with van der Waals surface area (Å²) in [4.78, 5) is 12.5. The van der Waals surface area contributed by atoms with E-state index in [2.05, 4.69) is 48.4 Å². The topological polar surface area (TPSA) is 17.1 Å². The second kappa shape index (κ2) is 4.86. The Hall–Kier alpha value is -2.85. The lowest BCUT2D eigenvalue weighted by Crippen LogP contribution is -2.00. The number of benzene rings is 4. The average molecular weight is 282 g/mol. The molecule has 0 aliphatic heterocycles. The third kappa shape index (κ3) is 1.78. The van der Waals surface area contributed by atoms with E-state index in [9.17, 15) is 4.79 Å². The third-order valence-corrected chi connectivity index (χ3v) is 4.33. The number of rotatable bonds is 3. The summed E-state index contributed by atoms with van der Waals surface area (Å²) in [7, 11) is 0. The Balaban J connectivity index is 2.09. The minimum Gasteiger partial charge on any atom is -0.294 e. The third-order valence-electron chi connectivity index (χ3n) is 4.33. The molecule has 0 spiro atoms. The zero-order chi connectivity index (χ0) is 15.1. The van der Waals surface area contributed by atoms with Gasteiger partial charge in [0.05, 0.1) is 0 Å². The predicted molar refractivity (Wildman–Crippen MR) is 92.5 cm³/mol. The second-order valence-corrected chi connectivity index (χ2v) is 5.60. The molecule has 4 rings (SSSR count). The maximum Gasteiger partial charge on any atom is 0.164 e. The van der Waals surface area contributed by atoms with Crippen molar-refractivity contribution in [1.29, 1.82) is 0 Å². The highest BCUT2D eigenvalue weighted by Gasteiger charge is 2.14. The van der Waals surface area contributed by atoms with E-state index in [0.29, 0.717) is 12.8 Å². The van der Waals surface area contributed by atoms with Crippen molar-refractivity contribution in [2.45, 2.75) is 12.8 Å². The van der Waals surface area contributed by atoms with Crippen LogP contribution in [-0.4, -0.2) is 5.78 Å². The van der Waals surface area contributed by atoms with Crippen LogP contribution in [0, 0.1) is 12.3 Å². The first-order valence-electron chi connectivity index (χ1n) is 7.43. The smallest absolute Gasteiger partial charge is 0.164 e. The van der Waals surface area contributed by atoms with Gasteiger partial charge < -0.3 is 0 Å². The van der Waals surface area contributed by atoms with E-state index in [0.717, 1.165) is 10.9 Å². The van der Waals surface area contributed by atoms with Crippen molar-refractivity contribution in [3.8, 4) is 12.3 Å². The van der Waals surface area contributed by atoms with Gasteiger partial charge in [-0.1, -0.05) is 54.6 Å². The van der Waals surface area contributed by atoms with Gasteiger partial charge in [0, 0.05) is 18.4 Å². The Kier molecular flexibility index (Phi) is 2.84. The first-order valence-corrected chi connectivity index (χ1v) is 7.43. The van der Waals surface area contributed by atoms with Crippen LogP contribution in [0.4, 0.5) is 0 Å². The quantitative estimate of drug-likeness (QED) is 0.287. The summed E-state index contributed by atoms with van der Waals surface area (Å²) in [5, 5.41) is 7.05. The number of terminal acetylenes is 1. The minimum absolute atomic E-state index is 0.121. The molecule has 22 heavy (non-hydrogen) atoms. The molecule has 0 aliphatic rings. The van der Waals surface area contributed by atoms with E-state index in [4.69, 9.17) is 6.42 Å². The number of hydrogen-bond donors (Lipinski definition) is 0. The summed E-state index contributed by atoms with van der Waals surface area (Å²) in [6, 6.07) is 18.7. The maximum atomic E-state index is 12.5. The largest absolute Gasteiger partial charge is 0.294 e. The Morgan fingerprint density at radius 1 is 0.864 bits per heavy atom. The fourth-order valence-electron chi connectivity index (χ4n) is 3.30. The van der Waals surface area contributed by atoms with Gasteiger partial charge in [-0.15, -0.1) is 12.3 Å². The summed E-state index contributed by atoms with van der Waals surface area (Å²) in [6.07, 6.45) is 6.17. The van der Waals surface area contributed by atoms with Crippen LogP contribution in [0.15, 0.2) is 54.6 Å². The first kappa shape index (κ1) is 12.9. The molecule has 4 aromatic rings. The number of ketones is 1. The van der Waals surface area contributed by atoms with E-state index in [1.54, 1.807) is 0 Å². The predicted octanol–water partition coefficient (Wildman–Crippen LogP) is 5.18. The standard InChI is InChI=1S/C21H14O/c1-2-3-7-19(22)17-12-10-16-9-8-14-5-4-6-15-11-13-18(17)21(16)20(14)15/h1,4-6,8-13H,3,7H2. The lowest BCUT2D eigenvalue weighted by Gasteiger charge is -2.13. The van der Waals surface area contributed by atoms with Gasteiger partial charge >= 0.3 is 0 Å². The molecule has 0 heterocycles. The summed E-state index contributed by atoms with van der Waals surface area (Å²) < 4.78 is 0. The van der Waals surface area contributed by atoms with Crippen LogP contribution in [0.25, 0.3) is 32.3 Å². The highest BCUT2D eigenvalue weighted by atomic mass is 16.1. The Morgan fingerprint density at radius 3 is 2.23 bits per heavy atom. The summed E-state index contributed by atoms with van der Waals surface area (Å²) in [6.45, 7) is 0. The number of carbonyl (C=O) groups excluding carboxylic acids is 1. The molecule has 0 atom stereocenters. The molecular formula is C21H14O. The molecule has 0 saturated carbocycles. The lowest BCUT2D eigenvalue weighted by atomic mass is 9.90. The van der Waals surface area contributed by atoms with Crippen LogP contribution in [0.3, 0.4) is 0 Å². The maximum absolute atomic E-state index is 12.5. The lowest BCUT2D eigenvalue weighted by molar-refractivity contribution is 0.0986. The zero-order valence-corrected chi connectivity index (χ0v) is 12.1. The Labute approximate surface area is 128 Å². The van der Waals surface area contributed by atoms with Crippen LogP contribution in [0.5, 0.6) is 0 Å². The first-order chi connectivity index (χ1) is 10.8. The van der Waals surface area contributed by atoms with Crippen molar-refractivity contribution in [3.05, 3.63) is 60.2 Å². The molecule has 104 valence electrons. The molecule has 0 aromatic heterocycles. The molecule has 0 fully saturated rings.